The molecule has 0 bridgehead atoms. The van der Waals surface area contributed by atoms with Crippen LogP contribution in [0, 0.1) is 0 Å². The Morgan fingerprint density at radius 1 is 0.773 bits per heavy atom. The lowest BCUT2D eigenvalue weighted by Crippen LogP contribution is -2.20. The second-order valence-electron chi connectivity index (χ2n) is 10.6. The Morgan fingerprint density at radius 3 is 2.05 bits per heavy atom. The van der Waals surface area contributed by atoms with E-state index >= 15 is 0 Å². The zero-order valence-electron chi connectivity index (χ0n) is 24.2. The van der Waals surface area contributed by atoms with Gasteiger partial charge in [-0.3, -0.25) is 9.52 Å². The number of carbonyl (C=O) groups excluding carboxylic acids is 1. The average Bonchev–Trinajstić information content (AvgIpc) is 3.81. The maximum Gasteiger partial charge on any atom is 0.263 e. The Balaban J connectivity index is 1.25. The van der Waals surface area contributed by atoms with Gasteiger partial charge in [-0.05, 0) is 48.7 Å². The highest BCUT2D eigenvalue weighted by molar-refractivity contribution is 7.92. The van der Waals surface area contributed by atoms with Crippen molar-refractivity contribution in [1.29, 1.82) is 0 Å². The van der Waals surface area contributed by atoms with E-state index in [-0.39, 0.29) is 27.9 Å². The van der Waals surface area contributed by atoms with Crippen LogP contribution < -0.4 is 24.8 Å². The summed E-state index contributed by atoms with van der Waals surface area (Å²) in [5.41, 5.74) is 2.99. The van der Waals surface area contributed by atoms with Crippen molar-refractivity contribution in [2.75, 3.05) is 29.6 Å². The molecule has 10 nitrogen and oxygen atoms in total. The summed E-state index contributed by atoms with van der Waals surface area (Å²) in [7, 11) is -1.06. The third kappa shape index (κ3) is 6.28. The van der Waals surface area contributed by atoms with Gasteiger partial charge in [0.15, 0.2) is 11.6 Å². The van der Waals surface area contributed by atoms with Crippen LogP contribution in [-0.4, -0.2) is 38.5 Å². The first-order chi connectivity index (χ1) is 21.3. The second-order valence-corrected chi connectivity index (χ2v) is 12.3. The minimum absolute atomic E-state index is 0.00142. The molecule has 44 heavy (non-hydrogen) atoms. The number of rotatable bonds is 11. The molecule has 3 N–H and O–H groups in total. The van der Waals surface area contributed by atoms with E-state index < -0.39 is 10.0 Å². The van der Waals surface area contributed by atoms with Gasteiger partial charge < -0.3 is 20.1 Å². The number of anilines is 4. The Morgan fingerprint density at radius 2 is 1.41 bits per heavy atom. The summed E-state index contributed by atoms with van der Waals surface area (Å²) in [6.45, 7) is 0. The third-order valence-electron chi connectivity index (χ3n) is 7.58. The molecule has 1 fully saturated rings. The van der Waals surface area contributed by atoms with Crippen molar-refractivity contribution in [1.82, 2.24) is 9.97 Å². The maximum atomic E-state index is 13.6. The van der Waals surface area contributed by atoms with Crippen LogP contribution in [0.1, 0.15) is 24.8 Å². The van der Waals surface area contributed by atoms with Crippen LogP contribution in [0.3, 0.4) is 0 Å². The van der Waals surface area contributed by atoms with Gasteiger partial charge >= 0.3 is 0 Å². The largest absolute Gasteiger partial charge is 0.497 e. The number of aromatic nitrogens is 2. The monoisotopic (exact) mass is 609 g/mol. The zero-order chi connectivity index (χ0) is 30.7. The lowest BCUT2D eigenvalue weighted by atomic mass is 9.92. The quantitative estimate of drug-likeness (QED) is 0.160. The fourth-order valence-electron chi connectivity index (χ4n) is 5.12. The summed E-state index contributed by atoms with van der Waals surface area (Å²) < 4.78 is 40.6. The predicted octanol–water partition coefficient (Wildman–Crippen LogP) is 6.25. The van der Waals surface area contributed by atoms with E-state index in [2.05, 4.69) is 25.3 Å². The molecule has 0 aliphatic heterocycles. The minimum Gasteiger partial charge on any atom is -0.497 e. The first-order valence-electron chi connectivity index (χ1n) is 14.0. The number of nitrogens with one attached hydrogen (secondary N) is 3. The molecule has 0 unspecified atom stereocenters. The van der Waals surface area contributed by atoms with Crippen LogP contribution in [0.15, 0.2) is 102 Å². The highest BCUT2D eigenvalue weighted by atomic mass is 32.2. The van der Waals surface area contributed by atoms with Crippen molar-refractivity contribution in [2.24, 2.45) is 0 Å². The summed E-state index contributed by atoms with van der Waals surface area (Å²) in [6, 6.07) is 28.5. The SMILES string of the molecule is COc1cc(Nc2nc3ccccc3nc2NS(=O)(=O)c2cccc(NC(=O)CC3(c4ccccc4)CC3)c2)cc(OC)c1. The molecule has 6 rings (SSSR count). The fraction of sp³-hybridized carbons (Fsp3) is 0.182. The summed E-state index contributed by atoms with van der Waals surface area (Å²) in [6.07, 6.45) is 2.20. The number of fused-ring (bicyclic) bond motifs is 1. The number of ether oxygens (including phenoxy) is 2. The number of hydrogen-bond donors (Lipinski definition) is 3. The van der Waals surface area contributed by atoms with Gasteiger partial charge in [-0.2, -0.15) is 0 Å². The summed E-state index contributed by atoms with van der Waals surface area (Å²) in [5.74, 6) is 1.09. The van der Waals surface area contributed by atoms with Crippen LogP contribution in [0.5, 0.6) is 11.5 Å². The molecule has 1 saturated carbocycles. The van der Waals surface area contributed by atoms with Crippen LogP contribution in [0.2, 0.25) is 0 Å². The normalized spacial score (nSPS) is 13.6. The molecule has 1 aliphatic rings. The highest BCUT2D eigenvalue weighted by Gasteiger charge is 2.45. The highest BCUT2D eigenvalue weighted by Crippen LogP contribution is 2.51. The molecule has 4 aromatic carbocycles. The first-order valence-corrected chi connectivity index (χ1v) is 15.5. The van der Waals surface area contributed by atoms with E-state index in [1.807, 2.05) is 36.4 Å². The van der Waals surface area contributed by atoms with Gasteiger partial charge in [0.05, 0.1) is 30.1 Å². The van der Waals surface area contributed by atoms with Crippen molar-refractivity contribution in [3.8, 4) is 11.5 Å². The molecule has 0 spiro atoms. The van der Waals surface area contributed by atoms with Gasteiger partial charge in [-0.15, -0.1) is 0 Å². The van der Waals surface area contributed by atoms with Gasteiger partial charge in [-0.1, -0.05) is 48.5 Å². The molecule has 0 saturated heterocycles. The number of sulfonamides is 1. The molecule has 1 amide bonds. The molecule has 1 heterocycles. The number of carbonyl (C=O) groups is 1. The number of nitrogens with zero attached hydrogens (tertiary/aromatic N) is 2. The van der Waals surface area contributed by atoms with E-state index in [0.29, 0.717) is 40.3 Å². The first kappa shape index (κ1) is 28.9. The molecule has 1 aromatic heterocycles. The maximum absolute atomic E-state index is 13.6. The zero-order valence-corrected chi connectivity index (χ0v) is 25.0. The van der Waals surface area contributed by atoms with Gasteiger partial charge in [0.25, 0.3) is 10.0 Å². The smallest absolute Gasteiger partial charge is 0.263 e. The number of para-hydroxylation sites is 2. The van der Waals surface area contributed by atoms with E-state index in [4.69, 9.17) is 9.47 Å². The van der Waals surface area contributed by atoms with Gasteiger partial charge in [0.1, 0.15) is 11.5 Å². The standard InChI is InChI=1S/C33H31N5O5S/c1-42-25-17-24(18-26(20-25)43-2)35-31-32(37-29-14-7-6-13-28(29)36-31)38-44(40,41)27-12-8-11-23(19-27)34-30(39)21-33(15-16-33)22-9-4-3-5-10-22/h3-14,17-20H,15-16,21H2,1-2H3,(H,34,39)(H,35,36)(H,37,38). The number of hydrogen-bond acceptors (Lipinski definition) is 8. The third-order valence-corrected chi connectivity index (χ3v) is 8.92. The fourth-order valence-corrected chi connectivity index (χ4v) is 6.18. The van der Waals surface area contributed by atoms with Crippen molar-refractivity contribution in [2.45, 2.75) is 29.6 Å². The van der Waals surface area contributed by atoms with E-state index in [9.17, 15) is 13.2 Å². The molecule has 0 radical (unpaired) electrons. The number of methoxy groups -OCH3 is 2. The second kappa shape index (κ2) is 11.8. The molecule has 0 atom stereocenters. The van der Waals surface area contributed by atoms with E-state index in [0.717, 1.165) is 18.4 Å². The predicted molar refractivity (Wildman–Crippen MR) is 170 cm³/mol. The molecule has 5 aromatic rings. The summed E-state index contributed by atoms with van der Waals surface area (Å²) in [4.78, 5) is 22.2. The molecule has 1 aliphatic carbocycles. The Labute approximate surface area is 255 Å². The lowest BCUT2D eigenvalue weighted by molar-refractivity contribution is -0.116. The average molecular weight is 610 g/mol. The number of benzene rings is 4. The number of amides is 1. The summed E-state index contributed by atoms with van der Waals surface area (Å²) in [5, 5.41) is 6.03. The van der Waals surface area contributed by atoms with Crippen LogP contribution in [0.4, 0.5) is 23.0 Å². The van der Waals surface area contributed by atoms with E-state index in [1.165, 1.54) is 26.4 Å². The van der Waals surface area contributed by atoms with Crippen LogP contribution in [-0.2, 0) is 20.2 Å². The van der Waals surface area contributed by atoms with E-state index in [1.54, 1.807) is 48.5 Å². The van der Waals surface area contributed by atoms with Gasteiger partial charge in [0.2, 0.25) is 5.91 Å². The van der Waals surface area contributed by atoms with Crippen molar-refractivity contribution in [3.05, 3.63) is 103 Å². The Hall–Kier alpha value is -5.16. The topological polar surface area (TPSA) is 132 Å². The van der Waals surface area contributed by atoms with Gasteiger partial charge in [0, 0.05) is 41.4 Å². The van der Waals surface area contributed by atoms with Crippen molar-refractivity contribution >= 4 is 50.0 Å². The Kier molecular flexibility index (Phi) is 7.79. The Bertz CT molecular complexity index is 1920. The van der Waals surface area contributed by atoms with Crippen molar-refractivity contribution < 1.29 is 22.7 Å². The van der Waals surface area contributed by atoms with Gasteiger partial charge in [-0.25, -0.2) is 18.4 Å². The van der Waals surface area contributed by atoms with Crippen LogP contribution >= 0.6 is 0 Å². The van der Waals surface area contributed by atoms with Crippen LogP contribution in [0.25, 0.3) is 11.0 Å². The molecular weight excluding hydrogens is 578 g/mol. The van der Waals surface area contributed by atoms with Crippen molar-refractivity contribution in [3.63, 3.8) is 0 Å². The minimum atomic E-state index is -4.14. The summed E-state index contributed by atoms with van der Waals surface area (Å²) >= 11 is 0. The molecule has 11 heteroatoms. The molecule has 224 valence electrons. The lowest BCUT2D eigenvalue weighted by Gasteiger charge is -2.16. The molecular formula is C33H31N5O5S.